The van der Waals surface area contributed by atoms with E-state index < -0.39 is 11.5 Å². The van der Waals surface area contributed by atoms with Crippen molar-refractivity contribution in [3.05, 3.63) is 102 Å². The summed E-state index contributed by atoms with van der Waals surface area (Å²) in [6, 6.07) is 27.9. The summed E-state index contributed by atoms with van der Waals surface area (Å²) in [6.45, 7) is 0.282. The number of aliphatic carboxylic acids is 1. The van der Waals surface area contributed by atoms with Crippen LogP contribution >= 0.6 is 0 Å². The summed E-state index contributed by atoms with van der Waals surface area (Å²) < 4.78 is 5.32. The molecule has 0 spiro atoms. The number of carbonyl (C=O) groups is 1. The Morgan fingerprint density at radius 1 is 0.862 bits per heavy atom. The molecule has 0 bridgehead atoms. The van der Waals surface area contributed by atoms with Crippen LogP contribution in [-0.2, 0) is 15.2 Å². The average molecular weight is 391 g/mol. The van der Waals surface area contributed by atoms with E-state index in [0.717, 1.165) is 22.4 Å². The molecular formula is C24H25NO4. The highest BCUT2D eigenvalue weighted by atomic mass is 16.6. The predicted molar refractivity (Wildman–Crippen MR) is 112 cm³/mol. The first-order chi connectivity index (χ1) is 14.2. The molecule has 0 saturated heterocycles. The number of methoxy groups -OCH3 is 1. The van der Waals surface area contributed by atoms with Crippen molar-refractivity contribution < 1.29 is 19.5 Å². The second kappa shape index (κ2) is 9.87. The Labute approximate surface area is 170 Å². The fourth-order valence-corrected chi connectivity index (χ4v) is 3.35. The molecule has 3 rings (SSSR count). The molecule has 0 aliphatic heterocycles. The quantitative estimate of drug-likeness (QED) is 0.305. The number of nitrogens with one attached hydrogen (secondary N) is 1. The summed E-state index contributed by atoms with van der Waals surface area (Å²) in [5, 5.41) is 8.87. The van der Waals surface area contributed by atoms with Gasteiger partial charge in [-0.1, -0.05) is 72.8 Å². The number of benzene rings is 3. The Bertz CT molecular complexity index is 856. The third kappa shape index (κ3) is 4.83. The third-order valence-electron chi connectivity index (χ3n) is 4.80. The van der Waals surface area contributed by atoms with Crippen molar-refractivity contribution in [1.82, 2.24) is 5.48 Å². The molecule has 0 amide bonds. The Morgan fingerprint density at radius 3 is 1.86 bits per heavy atom. The van der Waals surface area contributed by atoms with Gasteiger partial charge in [-0.3, -0.25) is 4.79 Å². The normalized spacial score (nSPS) is 11.2. The molecule has 0 aromatic heterocycles. The minimum Gasteiger partial charge on any atom is -0.497 e. The summed E-state index contributed by atoms with van der Waals surface area (Å²) in [6.07, 6.45) is 0.485. The van der Waals surface area contributed by atoms with Gasteiger partial charge in [-0.15, -0.1) is 0 Å². The Hall–Kier alpha value is -3.15. The zero-order chi connectivity index (χ0) is 20.5. The molecule has 5 heteroatoms. The van der Waals surface area contributed by atoms with Crippen LogP contribution in [0.2, 0.25) is 0 Å². The van der Waals surface area contributed by atoms with E-state index in [0.29, 0.717) is 6.42 Å². The number of hydrogen-bond donors (Lipinski definition) is 2. The minimum absolute atomic E-state index is 0.0634. The van der Waals surface area contributed by atoms with Crippen molar-refractivity contribution in [2.75, 3.05) is 13.7 Å². The number of carboxylic acids is 1. The predicted octanol–water partition coefficient (Wildman–Crippen LogP) is 4.37. The van der Waals surface area contributed by atoms with Crippen LogP contribution in [0.15, 0.2) is 84.9 Å². The van der Waals surface area contributed by atoms with E-state index >= 15 is 0 Å². The number of hydroxylamine groups is 1. The van der Waals surface area contributed by atoms with Crippen LogP contribution in [-0.4, -0.2) is 24.8 Å². The monoisotopic (exact) mass is 391 g/mol. The fraction of sp³-hybridized carbons (Fsp3) is 0.208. The largest absolute Gasteiger partial charge is 0.497 e. The van der Waals surface area contributed by atoms with Gasteiger partial charge in [-0.2, -0.15) is 5.48 Å². The van der Waals surface area contributed by atoms with Crippen molar-refractivity contribution in [3.8, 4) is 5.75 Å². The Balaban J connectivity index is 2.04. The van der Waals surface area contributed by atoms with Gasteiger partial charge < -0.3 is 14.7 Å². The molecule has 0 atom stereocenters. The van der Waals surface area contributed by atoms with Crippen LogP contribution in [0.25, 0.3) is 0 Å². The standard InChI is InChI=1S/C24H25NO4/c1-28-22-16-14-21(15-17-22)24(19-9-4-2-5-10-19,20-11-6-3-7-12-20)25-29-18-8-13-23(26)27/h2-7,9-12,14-17,25H,8,13,18H2,1H3,(H,26,27). The molecule has 0 saturated carbocycles. The maximum absolute atomic E-state index is 10.8. The van der Waals surface area contributed by atoms with Crippen LogP contribution < -0.4 is 10.2 Å². The van der Waals surface area contributed by atoms with E-state index in [2.05, 4.69) is 5.48 Å². The molecule has 0 aliphatic carbocycles. The van der Waals surface area contributed by atoms with Crippen molar-refractivity contribution >= 4 is 5.97 Å². The highest BCUT2D eigenvalue weighted by Crippen LogP contribution is 2.37. The SMILES string of the molecule is COc1ccc(C(NOCCCC(=O)O)(c2ccccc2)c2ccccc2)cc1. The zero-order valence-corrected chi connectivity index (χ0v) is 16.4. The van der Waals surface area contributed by atoms with Gasteiger partial charge in [0.15, 0.2) is 0 Å². The Kier molecular flexibility index (Phi) is 7.00. The van der Waals surface area contributed by atoms with Crippen molar-refractivity contribution in [2.45, 2.75) is 18.4 Å². The molecule has 3 aromatic rings. The van der Waals surface area contributed by atoms with Crippen LogP contribution in [0, 0.1) is 0 Å². The molecule has 0 heterocycles. The van der Waals surface area contributed by atoms with Crippen LogP contribution in [0.3, 0.4) is 0 Å². The molecule has 0 aliphatic rings. The van der Waals surface area contributed by atoms with Gasteiger partial charge in [0, 0.05) is 6.42 Å². The summed E-state index contributed by atoms with van der Waals surface area (Å²) in [7, 11) is 1.64. The second-order valence-electron chi connectivity index (χ2n) is 6.66. The van der Waals surface area contributed by atoms with Gasteiger partial charge in [0.1, 0.15) is 11.3 Å². The first-order valence-electron chi connectivity index (χ1n) is 9.53. The summed E-state index contributed by atoms with van der Waals surface area (Å²) in [5.74, 6) is -0.0627. The van der Waals surface area contributed by atoms with Crippen molar-refractivity contribution in [2.24, 2.45) is 0 Å². The average Bonchev–Trinajstić information content (AvgIpc) is 2.77. The van der Waals surface area contributed by atoms with Crippen LogP contribution in [0.5, 0.6) is 5.75 Å². The number of hydrogen-bond acceptors (Lipinski definition) is 4. The van der Waals surface area contributed by atoms with E-state index in [1.165, 1.54) is 0 Å². The number of carboxylic acid groups (broad SMARTS) is 1. The summed E-state index contributed by atoms with van der Waals surface area (Å²) in [4.78, 5) is 16.6. The smallest absolute Gasteiger partial charge is 0.303 e. The van der Waals surface area contributed by atoms with Gasteiger partial charge >= 0.3 is 5.97 Å². The Morgan fingerprint density at radius 2 is 1.38 bits per heavy atom. The maximum atomic E-state index is 10.8. The molecule has 2 N–H and O–H groups in total. The van der Waals surface area contributed by atoms with E-state index in [1.54, 1.807) is 7.11 Å². The lowest BCUT2D eigenvalue weighted by Gasteiger charge is -2.36. The lowest BCUT2D eigenvalue weighted by Crippen LogP contribution is -2.44. The summed E-state index contributed by atoms with van der Waals surface area (Å²) >= 11 is 0. The molecule has 150 valence electrons. The van der Waals surface area contributed by atoms with E-state index in [4.69, 9.17) is 14.7 Å². The van der Waals surface area contributed by atoms with Crippen molar-refractivity contribution in [1.29, 1.82) is 0 Å². The minimum atomic E-state index is -0.832. The molecule has 5 nitrogen and oxygen atoms in total. The van der Waals surface area contributed by atoms with Gasteiger partial charge in [0.2, 0.25) is 0 Å². The van der Waals surface area contributed by atoms with Crippen LogP contribution in [0.4, 0.5) is 0 Å². The molecule has 0 unspecified atom stereocenters. The topological polar surface area (TPSA) is 67.8 Å². The molecule has 29 heavy (non-hydrogen) atoms. The highest BCUT2D eigenvalue weighted by molar-refractivity contribution is 5.66. The molecular weight excluding hydrogens is 366 g/mol. The lowest BCUT2D eigenvalue weighted by atomic mass is 9.78. The molecule has 0 radical (unpaired) electrons. The maximum Gasteiger partial charge on any atom is 0.303 e. The van der Waals surface area contributed by atoms with Gasteiger partial charge in [-0.25, -0.2) is 0 Å². The van der Waals surface area contributed by atoms with Gasteiger partial charge in [0.25, 0.3) is 0 Å². The molecule has 3 aromatic carbocycles. The van der Waals surface area contributed by atoms with Crippen molar-refractivity contribution in [3.63, 3.8) is 0 Å². The van der Waals surface area contributed by atoms with E-state index in [1.807, 2.05) is 84.9 Å². The van der Waals surface area contributed by atoms with E-state index in [9.17, 15) is 4.79 Å². The zero-order valence-electron chi connectivity index (χ0n) is 16.4. The number of rotatable bonds is 10. The van der Waals surface area contributed by atoms with Gasteiger partial charge in [-0.05, 0) is 35.2 Å². The lowest BCUT2D eigenvalue weighted by molar-refractivity contribution is -0.137. The van der Waals surface area contributed by atoms with Crippen LogP contribution in [0.1, 0.15) is 29.5 Å². The third-order valence-corrected chi connectivity index (χ3v) is 4.80. The van der Waals surface area contributed by atoms with Gasteiger partial charge in [0.05, 0.1) is 13.7 Å². The molecule has 0 fully saturated rings. The highest BCUT2D eigenvalue weighted by Gasteiger charge is 2.36. The van der Waals surface area contributed by atoms with E-state index in [-0.39, 0.29) is 13.0 Å². The first-order valence-corrected chi connectivity index (χ1v) is 9.53. The summed E-state index contributed by atoms with van der Waals surface area (Å²) in [5.41, 5.74) is 5.49. The second-order valence-corrected chi connectivity index (χ2v) is 6.66. The first kappa shape index (κ1) is 20.6. The fourth-order valence-electron chi connectivity index (χ4n) is 3.35. The number of ether oxygens (including phenoxy) is 1.